The Balaban J connectivity index is 1.05. The molecule has 0 atom stereocenters. The molecule has 0 N–H and O–H groups in total. The van der Waals surface area contributed by atoms with Crippen molar-refractivity contribution in [3.8, 4) is 130 Å². The molecule has 0 aliphatic heterocycles. The van der Waals surface area contributed by atoms with Crippen LogP contribution >= 0.6 is 0 Å². The van der Waals surface area contributed by atoms with E-state index in [0.717, 1.165) is 57.6 Å². The first-order valence-electron chi connectivity index (χ1n) is 29.7. The largest absolute Gasteiger partial charge is 0.416 e. The summed E-state index contributed by atoms with van der Waals surface area (Å²) < 4.78 is 89.8. The van der Waals surface area contributed by atoms with E-state index in [9.17, 15) is 26.3 Å². The zero-order chi connectivity index (χ0) is 63.2. The lowest BCUT2D eigenvalue weighted by Gasteiger charge is -2.22. The average molecular weight is 1220 g/mol. The summed E-state index contributed by atoms with van der Waals surface area (Å²) in [5, 5.41) is 1.37. The van der Waals surface area contributed by atoms with E-state index in [1.54, 1.807) is 0 Å². The van der Waals surface area contributed by atoms with Crippen molar-refractivity contribution < 1.29 is 26.3 Å². The second-order valence-corrected chi connectivity index (χ2v) is 22.1. The van der Waals surface area contributed by atoms with Crippen LogP contribution in [0.4, 0.5) is 26.3 Å². The van der Waals surface area contributed by atoms with Crippen LogP contribution < -0.4 is 0 Å². The average Bonchev–Trinajstić information content (AvgIpc) is 1.60. The Morgan fingerprint density at radius 1 is 0.226 bits per heavy atom. The summed E-state index contributed by atoms with van der Waals surface area (Å²) in [7, 11) is 0. The summed E-state index contributed by atoms with van der Waals surface area (Å²) in [6.45, 7) is 0. The lowest BCUT2D eigenvalue weighted by molar-refractivity contribution is -0.138. The highest BCUT2D eigenvalue weighted by Gasteiger charge is 2.33. The second-order valence-electron chi connectivity index (χ2n) is 22.1. The first-order valence-corrected chi connectivity index (χ1v) is 29.7. The summed E-state index contributed by atoms with van der Waals surface area (Å²) in [6.07, 6.45) is -9.35. The fourth-order valence-electron chi connectivity index (χ4n) is 11.6. The van der Waals surface area contributed by atoms with Crippen LogP contribution in [0.25, 0.3) is 152 Å². The van der Waals surface area contributed by atoms with Gasteiger partial charge in [-0.05, 0) is 90.0 Å². The minimum atomic E-state index is -4.68. The predicted molar refractivity (Wildman–Crippen MR) is 353 cm³/mol. The van der Waals surface area contributed by atoms with Gasteiger partial charge in [-0.2, -0.15) is 26.3 Å². The number of fused-ring (bicyclic) bond motifs is 3. The van der Waals surface area contributed by atoms with Gasteiger partial charge in [0.15, 0.2) is 40.8 Å². The Bertz CT molecular complexity index is 4810. The number of hydrogen-bond acceptors (Lipinski definition) is 8. The minimum absolute atomic E-state index is 0.369. The van der Waals surface area contributed by atoms with Crippen molar-refractivity contribution in [3.05, 3.63) is 296 Å². The van der Waals surface area contributed by atoms with Gasteiger partial charge < -0.3 is 4.57 Å². The molecule has 15 rings (SSSR count). The van der Waals surface area contributed by atoms with Gasteiger partial charge in [-0.1, -0.05) is 206 Å². The molecule has 93 heavy (non-hydrogen) atoms. The molecule has 4 aromatic heterocycles. The molecule has 446 valence electrons. The SMILES string of the molecule is FC(F)(F)c1ccc(-c2cc(-c3cc(-c4ccccc4)nc(-c4ccccc4)n3)cc(-c3ccc(C(F)(F)F)cc3)c2-n2c3ccc(-c4nc(-c5ccccc5)nc(-c5ccccc5)n4)cc3c3cc(-c4nc(-c5ccccc5)nc(-c5ccccc5)n4)ccc32)cc1. The molecule has 0 saturated carbocycles. The van der Waals surface area contributed by atoms with Crippen LogP contribution in [0, 0.1) is 0 Å². The molecule has 0 fully saturated rings. The summed E-state index contributed by atoms with van der Waals surface area (Å²) in [6, 6.07) is 84.6. The van der Waals surface area contributed by atoms with Gasteiger partial charge in [-0.25, -0.2) is 39.9 Å². The maximum Gasteiger partial charge on any atom is 0.416 e. The van der Waals surface area contributed by atoms with E-state index in [0.29, 0.717) is 119 Å². The monoisotopic (exact) mass is 1220 g/mol. The van der Waals surface area contributed by atoms with Crippen molar-refractivity contribution in [2.45, 2.75) is 12.4 Å². The number of benzene rings is 11. The van der Waals surface area contributed by atoms with Gasteiger partial charge in [0.1, 0.15) is 0 Å². The van der Waals surface area contributed by atoms with Gasteiger partial charge in [0.2, 0.25) is 0 Å². The standard InChI is InChI=1S/C78H47F6N9/c79-77(80,81)59-37-31-48(32-38-59)61-45-58(66-47-65(50-19-7-1-8-20-50)85-70(86-66)51-21-9-2-10-22-51)46-62(49-33-39-60(40-34-49)78(82,83)84)69(61)93-67-41-35-56(75-89-71(52-23-11-3-12-24-52)87-72(90-75)53-25-13-4-14-26-53)43-63(67)64-44-57(36-42-68(64)93)76-91-73(54-27-15-5-16-28-54)88-74(92-76)55-29-17-6-18-30-55/h1-47H. The molecular weight excluding hydrogens is 1180 g/mol. The fourth-order valence-corrected chi connectivity index (χ4v) is 11.6. The first kappa shape index (κ1) is 57.3. The molecule has 0 spiro atoms. The van der Waals surface area contributed by atoms with Gasteiger partial charge in [-0.15, -0.1) is 0 Å². The van der Waals surface area contributed by atoms with Crippen LogP contribution in [0.5, 0.6) is 0 Å². The smallest absolute Gasteiger partial charge is 0.308 e. The molecule has 0 aliphatic carbocycles. The van der Waals surface area contributed by atoms with Gasteiger partial charge in [0, 0.05) is 72.0 Å². The van der Waals surface area contributed by atoms with Gasteiger partial charge in [-0.3, -0.25) is 0 Å². The molecule has 0 bridgehead atoms. The Hall–Kier alpha value is -12.1. The van der Waals surface area contributed by atoms with Crippen molar-refractivity contribution in [1.82, 2.24) is 44.4 Å². The number of aromatic nitrogens is 9. The van der Waals surface area contributed by atoms with Crippen LogP contribution in [0.1, 0.15) is 11.1 Å². The molecule has 0 amide bonds. The van der Waals surface area contributed by atoms with Crippen LogP contribution in [-0.2, 0) is 12.4 Å². The summed E-state index contributed by atoms with van der Waals surface area (Å²) in [5.74, 6) is 2.91. The Morgan fingerprint density at radius 2 is 0.495 bits per heavy atom. The Labute approximate surface area is 528 Å². The van der Waals surface area contributed by atoms with Crippen LogP contribution in [0.2, 0.25) is 0 Å². The molecule has 15 aromatic rings. The zero-order valence-corrected chi connectivity index (χ0v) is 48.9. The summed E-state index contributed by atoms with van der Waals surface area (Å²) in [4.78, 5) is 40.6. The molecule has 15 heteroatoms. The van der Waals surface area contributed by atoms with Crippen molar-refractivity contribution >= 4 is 21.8 Å². The fraction of sp³-hybridized carbons (Fsp3) is 0.0256. The topological polar surface area (TPSA) is 108 Å². The Kier molecular flexibility index (Phi) is 14.6. The molecule has 11 aromatic carbocycles. The van der Waals surface area contributed by atoms with E-state index in [-0.39, 0.29) is 0 Å². The number of alkyl halides is 6. The van der Waals surface area contributed by atoms with Gasteiger partial charge >= 0.3 is 12.4 Å². The highest BCUT2D eigenvalue weighted by Crippen LogP contribution is 2.47. The molecule has 0 radical (unpaired) electrons. The van der Waals surface area contributed by atoms with E-state index < -0.39 is 23.5 Å². The number of nitrogens with zero attached hydrogens (tertiary/aromatic N) is 9. The third-order valence-corrected chi connectivity index (χ3v) is 16.2. The van der Waals surface area contributed by atoms with Crippen molar-refractivity contribution in [1.29, 1.82) is 0 Å². The second kappa shape index (κ2) is 23.7. The number of halogens is 6. The Morgan fingerprint density at radius 3 is 0.806 bits per heavy atom. The molecule has 0 unspecified atom stereocenters. The van der Waals surface area contributed by atoms with E-state index in [1.165, 1.54) is 24.3 Å². The van der Waals surface area contributed by atoms with Crippen LogP contribution in [0.15, 0.2) is 285 Å². The maximum absolute atomic E-state index is 14.6. The van der Waals surface area contributed by atoms with Crippen LogP contribution in [0.3, 0.4) is 0 Å². The minimum Gasteiger partial charge on any atom is -0.308 e. The normalized spacial score (nSPS) is 11.8. The summed E-state index contributed by atoms with van der Waals surface area (Å²) >= 11 is 0. The van der Waals surface area contributed by atoms with Crippen molar-refractivity contribution in [2.75, 3.05) is 0 Å². The first-order chi connectivity index (χ1) is 45.3. The number of rotatable bonds is 12. The third kappa shape index (κ3) is 11.4. The predicted octanol–water partition coefficient (Wildman–Crippen LogP) is 20.3. The zero-order valence-electron chi connectivity index (χ0n) is 48.9. The quantitative estimate of drug-likeness (QED) is 0.111. The summed E-state index contributed by atoms with van der Waals surface area (Å²) in [5.41, 5.74) is 8.90. The van der Waals surface area contributed by atoms with Crippen molar-refractivity contribution in [2.24, 2.45) is 0 Å². The molecule has 0 saturated heterocycles. The van der Waals surface area contributed by atoms with Gasteiger partial charge in [0.05, 0.1) is 39.2 Å². The lowest BCUT2D eigenvalue weighted by atomic mass is 9.90. The van der Waals surface area contributed by atoms with Gasteiger partial charge in [0.25, 0.3) is 0 Å². The molecule has 0 aliphatic rings. The molecule has 4 heterocycles. The van der Waals surface area contributed by atoms with E-state index in [2.05, 4.69) is 0 Å². The maximum atomic E-state index is 14.6. The molecular formula is C78H47F6N9. The lowest BCUT2D eigenvalue weighted by Crippen LogP contribution is -2.06. The van der Waals surface area contributed by atoms with E-state index in [4.69, 9.17) is 39.9 Å². The van der Waals surface area contributed by atoms with E-state index in [1.807, 2.05) is 241 Å². The van der Waals surface area contributed by atoms with Crippen molar-refractivity contribution in [3.63, 3.8) is 0 Å². The number of hydrogen-bond donors (Lipinski definition) is 0. The van der Waals surface area contributed by atoms with Crippen LogP contribution in [-0.4, -0.2) is 44.4 Å². The molecule has 9 nitrogen and oxygen atoms in total. The highest BCUT2D eigenvalue weighted by atomic mass is 19.4. The highest BCUT2D eigenvalue weighted by molar-refractivity contribution is 6.13. The third-order valence-electron chi connectivity index (χ3n) is 16.2. The van der Waals surface area contributed by atoms with E-state index >= 15 is 0 Å².